The van der Waals surface area contributed by atoms with E-state index in [0.29, 0.717) is 0 Å². The zero-order chi connectivity index (χ0) is 18.1. The number of rotatable bonds is 3. The predicted octanol–water partition coefficient (Wildman–Crippen LogP) is 6.20. The Morgan fingerprint density at radius 2 is 1.33 bits per heavy atom. The fourth-order valence-electron chi connectivity index (χ4n) is 3.81. The van der Waals surface area contributed by atoms with Crippen molar-refractivity contribution in [3.05, 3.63) is 114 Å². The van der Waals surface area contributed by atoms with Gasteiger partial charge in [0.2, 0.25) is 0 Å². The van der Waals surface area contributed by atoms with E-state index < -0.39 is 0 Å². The van der Waals surface area contributed by atoms with E-state index in [0.717, 1.165) is 17.8 Å². The summed E-state index contributed by atoms with van der Waals surface area (Å²) in [6.07, 6.45) is 0.904. The predicted molar refractivity (Wildman–Crippen MR) is 113 cm³/mol. The quantitative estimate of drug-likeness (QED) is 0.431. The molecule has 0 fully saturated rings. The Bertz CT molecular complexity index is 1100. The third-order valence-corrected chi connectivity index (χ3v) is 5.20. The Hall–Kier alpha value is -3.39. The highest BCUT2D eigenvalue weighted by molar-refractivity contribution is 6.03. The molecule has 1 aliphatic heterocycles. The van der Waals surface area contributed by atoms with Crippen molar-refractivity contribution in [3.8, 4) is 0 Å². The molecule has 0 unspecified atom stereocenters. The number of hydrogen-bond donors (Lipinski definition) is 0. The lowest BCUT2D eigenvalue weighted by Crippen LogP contribution is -2.18. The molecular formula is C25H20N2. The van der Waals surface area contributed by atoms with Gasteiger partial charge in [-0.05, 0) is 34.0 Å². The molecule has 4 aromatic carbocycles. The summed E-state index contributed by atoms with van der Waals surface area (Å²) in [5.41, 5.74) is 4.76. The molecule has 1 heterocycles. The highest BCUT2D eigenvalue weighted by Crippen LogP contribution is 2.37. The molecule has 0 aromatic heterocycles. The maximum Gasteiger partial charge on any atom is 0.0831 e. The lowest BCUT2D eigenvalue weighted by atomic mass is 9.98. The molecule has 27 heavy (non-hydrogen) atoms. The summed E-state index contributed by atoms with van der Waals surface area (Å²) in [6.45, 7) is 0. The smallest absolute Gasteiger partial charge is 0.0831 e. The standard InChI is InChI=1S/C25H20N2/c1-3-10-20(11-4-1)24-18-25(21-12-5-2-6-13-21)27(26-24)23-16-15-19-9-7-8-14-22(19)17-23/h1-17,25H,18H2/t25-/m0/s1. The first-order valence-corrected chi connectivity index (χ1v) is 9.34. The average molecular weight is 348 g/mol. The first-order chi connectivity index (χ1) is 13.4. The minimum Gasteiger partial charge on any atom is -0.257 e. The van der Waals surface area contributed by atoms with Gasteiger partial charge in [-0.2, -0.15) is 5.10 Å². The lowest BCUT2D eigenvalue weighted by molar-refractivity contribution is 0.709. The molecule has 1 atom stereocenters. The van der Waals surface area contributed by atoms with Crippen LogP contribution in [0.4, 0.5) is 5.69 Å². The van der Waals surface area contributed by atoms with Crippen molar-refractivity contribution in [3.63, 3.8) is 0 Å². The van der Waals surface area contributed by atoms with E-state index in [-0.39, 0.29) is 6.04 Å². The number of anilines is 1. The van der Waals surface area contributed by atoms with Crippen LogP contribution in [0.2, 0.25) is 0 Å². The summed E-state index contributed by atoms with van der Waals surface area (Å²) in [7, 11) is 0. The fourth-order valence-corrected chi connectivity index (χ4v) is 3.81. The van der Waals surface area contributed by atoms with Gasteiger partial charge in [-0.15, -0.1) is 0 Å². The Morgan fingerprint density at radius 1 is 0.667 bits per heavy atom. The second-order valence-electron chi connectivity index (χ2n) is 6.92. The van der Waals surface area contributed by atoms with Crippen molar-refractivity contribution in [2.75, 3.05) is 5.01 Å². The molecule has 1 aliphatic rings. The lowest BCUT2D eigenvalue weighted by Gasteiger charge is -2.24. The summed E-state index contributed by atoms with van der Waals surface area (Å²) in [5.74, 6) is 0. The van der Waals surface area contributed by atoms with Crippen LogP contribution in [0.3, 0.4) is 0 Å². The van der Waals surface area contributed by atoms with Crippen LogP contribution in [0, 0.1) is 0 Å². The maximum atomic E-state index is 5.04. The molecule has 0 bridgehead atoms. The fraction of sp³-hybridized carbons (Fsp3) is 0.0800. The van der Waals surface area contributed by atoms with Crippen LogP contribution in [-0.4, -0.2) is 5.71 Å². The Labute approximate surface area is 159 Å². The molecular weight excluding hydrogens is 328 g/mol. The van der Waals surface area contributed by atoms with Gasteiger partial charge >= 0.3 is 0 Å². The van der Waals surface area contributed by atoms with Crippen molar-refractivity contribution < 1.29 is 0 Å². The van der Waals surface area contributed by atoms with E-state index in [4.69, 9.17) is 5.10 Å². The maximum absolute atomic E-state index is 5.04. The van der Waals surface area contributed by atoms with Crippen LogP contribution in [0.1, 0.15) is 23.6 Å². The monoisotopic (exact) mass is 348 g/mol. The molecule has 0 spiro atoms. The topological polar surface area (TPSA) is 15.6 Å². The highest BCUT2D eigenvalue weighted by atomic mass is 15.5. The van der Waals surface area contributed by atoms with Gasteiger partial charge in [0.1, 0.15) is 0 Å². The number of nitrogens with zero attached hydrogens (tertiary/aromatic N) is 2. The number of fused-ring (bicyclic) bond motifs is 1. The van der Waals surface area contributed by atoms with E-state index in [1.54, 1.807) is 0 Å². The van der Waals surface area contributed by atoms with E-state index in [1.807, 2.05) is 0 Å². The van der Waals surface area contributed by atoms with Crippen LogP contribution in [-0.2, 0) is 0 Å². The van der Waals surface area contributed by atoms with Crippen LogP contribution in [0.25, 0.3) is 10.8 Å². The van der Waals surface area contributed by atoms with Crippen molar-refractivity contribution in [1.82, 2.24) is 0 Å². The Balaban J connectivity index is 1.61. The molecule has 0 amide bonds. The van der Waals surface area contributed by atoms with Gasteiger partial charge in [-0.3, -0.25) is 5.01 Å². The van der Waals surface area contributed by atoms with Crippen molar-refractivity contribution in [2.45, 2.75) is 12.5 Å². The summed E-state index contributed by atoms with van der Waals surface area (Å²) in [4.78, 5) is 0. The molecule has 0 aliphatic carbocycles. The van der Waals surface area contributed by atoms with Crippen molar-refractivity contribution in [1.29, 1.82) is 0 Å². The average Bonchev–Trinajstić information content (AvgIpc) is 3.20. The van der Waals surface area contributed by atoms with E-state index in [1.165, 1.54) is 21.9 Å². The Kier molecular flexibility index (Phi) is 3.95. The SMILES string of the molecule is c1ccc(C2=NN(c3ccc4ccccc4c3)[C@H](c3ccccc3)C2)cc1. The van der Waals surface area contributed by atoms with E-state index in [2.05, 4.69) is 108 Å². The molecule has 2 heteroatoms. The number of hydrazone groups is 1. The molecule has 0 saturated heterocycles. The first-order valence-electron chi connectivity index (χ1n) is 9.34. The molecule has 0 radical (unpaired) electrons. The van der Waals surface area contributed by atoms with E-state index in [9.17, 15) is 0 Å². The molecule has 4 aromatic rings. The second kappa shape index (κ2) is 6.73. The van der Waals surface area contributed by atoms with Gasteiger partial charge in [0, 0.05) is 6.42 Å². The Morgan fingerprint density at radius 3 is 2.11 bits per heavy atom. The van der Waals surface area contributed by atoms with Gasteiger partial charge < -0.3 is 0 Å². The molecule has 0 N–H and O–H groups in total. The number of hydrogen-bond acceptors (Lipinski definition) is 2. The normalized spacial score (nSPS) is 16.5. The van der Waals surface area contributed by atoms with Gasteiger partial charge in [-0.25, -0.2) is 0 Å². The molecule has 5 rings (SSSR count). The van der Waals surface area contributed by atoms with Gasteiger partial charge in [0.15, 0.2) is 0 Å². The van der Waals surface area contributed by atoms with Gasteiger partial charge in [0.25, 0.3) is 0 Å². The molecule has 130 valence electrons. The first kappa shape index (κ1) is 15.8. The van der Waals surface area contributed by atoms with Gasteiger partial charge in [0.05, 0.1) is 17.4 Å². The summed E-state index contributed by atoms with van der Waals surface area (Å²) >= 11 is 0. The third-order valence-electron chi connectivity index (χ3n) is 5.20. The third kappa shape index (κ3) is 3.00. The summed E-state index contributed by atoms with van der Waals surface area (Å²) < 4.78 is 0. The van der Waals surface area contributed by atoms with Crippen LogP contribution < -0.4 is 5.01 Å². The summed E-state index contributed by atoms with van der Waals surface area (Å²) in [5, 5.41) is 9.72. The van der Waals surface area contributed by atoms with Gasteiger partial charge in [-0.1, -0.05) is 91.0 Å². The van der Waals surface area contributed by atoms with Crippen molar-refractivity contribution in [2.24, 2.45) is 5.10 Å². The van der Waals surface area contributed by atoms with Crippen LogP contribution >= 0.6 is 0 Å². The molecule has 2 nitrogen and oxygen atoms in total. The number of benzene rings is 4. The second-order valence-corrected chi connectivity index (χ2v) is 6.92. The molecule has 0 saturated carbocycles. The van der Waals surface area contributed by atoms with Crippen molar-refractivity contribution >= 4 is 22.2 Å². The van der Waals surface area contributed by atoms with E-state index >= 15 is 0 Å². The minimum absolute atomic E-state index is 0.211. The summed E-state index contributed by atoms with van der Waals surface area (Å²) in [6, 6.07) is 36.4. The minimum atomic E-state index is 0.211. The zero-order valence-corrected chi connectivity index (χ0v) is 15.0. The highest BCUT2D eigenvalue weighted by Gasteiger charge is 2.29. The van der Waals surface area contributed by atoms with Crippen LogP contribution in [0.15, 0.2) is 108 Å². The largest absolute Gasteiger partial charge is 0.257 e. The van der Waals surface area contributed by atoms with Crippen LogP contribution in [0.5, 0.6) is 0 Å². The zero-order valence-electron chi connectivity index (χ0n) is 15.0.